The van der Waals surface area contributed by atoms with Crippen molar-refractivity contribution >= 4 is 34.0 Å². The summed E-state index contributed by atoms with van der Waals surface area (Å²) in [5, 5.41) is 0.962. The molecular formula is C11H17ClN2O2S. The van der Waals surface area contributed by atoms with Gasteiger partial charge in [-0.1, -0.05) is 36.3 Å². The molecule has 0 saturated heterocycles. The molecule has 6 heteroatoms. The number of aromatic nitrogens is 1. The molecule has 0 aliphatic carbocycles. The summed E-state index contributed by atoms with van der Waals surface area (Å²) >= 11 is 7.18. The fourth-order valence-corrected chi connectivity index (χ4v) is 2.72. The van der Waals surface area contributed by atoms with Gasteiger partial charge in [0.25, 0.3) is 0 Å². The first-order valence-electron chi connectivity index (χ1n) is 5.48. The molecule has 0 bridgehead atoms. The lowest BCUT2D eigenvalue weighted by Gasteiger charge is -2.23. The zero-order chi connectivity index (χ0) is 13.0. The van der Waals surface area contributed by atoms with Crippen LogP contribution in [0.5, 0.6) is 0 Å². The summed E-state index contributed by atoms with van der Waals surface area (Å²) in [6.45, 7) is 4.26. The van der Waals surface area contributed by atoms with E-state index < -0.39 is 5.97 Å². The Morgan fingerprint density at radius 1 is 1.65 bits per heavy atom. The first-order valence-corrected chi connectivity index (χ1v) is 6.68. The lowest BCUT2D eigenvalue weighted by molar-refractivity contribution is 0.0606. The fraction of sp³-hybridized carbons (Fsp3) is 0.636. The molecule has 96 valence electrons. The van der Waals surface area contributed by atoms with Crippen LogP contribution >= 0.6 is 22.9 Å². The molecule has 1 atom stereocenters. The fourth-order valence-electron chi connectivity index (χ4n) is 1.46. The van der Waals surface area contributed by atoms with Crippen LogP contribution in [0.25, 0.3) is 0 Å². The highest BCUT2D eigenvalue weighted by molar-refractivity contribution is 7.18. The minimum atomic E-state index is -0.435. The van der Waals surface area contributed by atoms with E-state index in [4.69, 9.17) is 11.6 Å². The molecule has 1 unspecified atom stereocenters. The van der Waals surface area contributed by atoms with Gasteiger partial charge in [-0.2, -0.15) is 0 Å². The number of nitrogens with zero attached hydrogens (tertiary/aromatic N) is 2. The van der Waals surface area contributed by atoms with Gasteiger partial charge in [0.2, 0.25) is 0 Å². The molecule has 0 aliphatic heterocycles. The molecule has 4 nitrogen and oxygen atoms in total. The molecule has 17 heavy (non-hydrogen) atoms. The number of hydrogen-bond donors (Lipinski definition) is 0. The van der Waals surface area contributed by atoms with E-state index in [0.29, 0.717) is 10.9 Å². The third-order valence-corrected chi connectivity index (χ3v) is 4.13. The summed E-state index contributed by atoms with van der Waals surface area (Å²) in [6.07, 6.45) is 2.18. The van der Waals surface area contributed by atoms with Crippen LogP contribution in [0.3, 0.4) is 0 Å². The summed E-state index contributed by atoms with van der Waals surface area (Å²) in [5.74, 6) is -0.435. The van der Waals surface area contributed by atoms with Gasteiger partial charge in [0.05, 0.1) is 7.11 Å². The minimum Gasteiger partial charge on any atom is -0.465 e. The van der Waals surface area contributed by atoms with Crippen molar-refractivity contribution in [2.75, 3.05) is 19.1 Å². The van der Waals surface area contributed by atoms with E-state index in [2.05, 4.69) is 23.6 Å². The van der Waals surface area contributed by atoms with E-state index in [0.717, 1.165) is 18.0 Å². The summed E-state index contributed by atoms with van der Waals surface area (Å²) < 4.78 is 4.65. The predicted octanol–water partition coefficient (Wildman–Crippen LogP) is 3.21. The number of methoxy groups -OCH3 is 1. The van der Waals surface area contributed by atoms with Gasteiger partial charge in [0, 0.05) is 13.1 Å². The number of halogens is 1. The summed E-state index contributed by atoms with van der Waals surface area (Å²) in [5.41, 5.74) is 0. The first-order chi connectivity index (χ1) is 8.01. The van der Waals surface area contributed by atoms with Crippen LogP contribution in [-0.4, -0.2) is 31.2 Å². The maximum atomic E-state index is 11.4. The number of rotatable bonds is 5. The highest BCUT2D eigenvalue weighted by atomic mass is 35.5. The average Bonchev–Trinajstić information content (AvgIpc) is 2.69. The van der Waals surface area contributed by atoms with Gasteiger partial charge in [-0.15, -0.1) is 0 Å². The molecule has 1 aromatic heterocycles. The predicted molar refractivity (Wildman–Crippen MR) is 71.2 cm³/mol. The van der Waals surface area contributed by atoms with Crippen LogP contribution in [0.4, 0.5) is 5.13 Å². The van der Waals surface area contributed by atoms with E-state index in [1.807, 2.05) is 11.9 Å². The number of esters is 1. The van der Waals surface area contributed by atoms with Gasteiger partial charge < -0.3 is 9.64 Å². The second-order valence-corrected chi connectivity index (χ2v) is 5.19. The zero-order valence-corrected chi connectivity index (χ0v) is 12.1. The maximum absolute atomic E-state index is 11.4. The molecule has 0 radical (unpaired) electrons. The Bertz CT molecular complexity index is 395. The topological polar surface area (TPSA) is 42.4 Å². The van der Waals surface area contributed by atoms with Crippen LogP contribution < -0.4 is 4.90 Å². The van der Waals surface area contributed by atoms with Crippen LogP contribution in [-0.2, 0) is 4.74 Å². The summed E-state index contributed by atoms with van der Waals surface area (Å²) in [6, 6.07) is 0.368. The molecule has 0 N–H and O–H groups in total. The van der Waals surface area contributed by atoms with E-state index >= 15 is 0 Å². The van der Waals surface area contributed by atoms with Gasteiger partial charge in [0.1, 0.15) is 0 Å². The molecule has 0 saturated carbocycles. The van der Waals surface area contributed by atoms with E-state index in [1.54, 1.807) is 0 Å². The molecule has 1 aromatic rings. The molecule has 0 spiro atoms. The Kier molecular flexibility index (Phi) is 5.21. The lowest BCUT2D eigenvalue weighted by Crippen LogP contribution is -2.28. The standard InChI is InChI=1S/C11H17ClN2O2S/c1-5-6-7(2)14(3)11-13-9(12)8(17-11)10(15)16-4/h7H,5-6H2,1-4H3. The van der Waals surface area contributed by atoms with Crippen molar-refractivity contribution < 1.29 is 9.53 Å². The van der Waals surface area contributed by atoms with Crippen molar-refractivity contribution in [3.8, 4) is 0 Å². The van der Waals surface area contributed by atoms with Crippen molar-refractivity contribution in [2.24, 2.45) is 0 Å². The molecule has 0 aromatic carbocycles. The van der Waals surface area contributed by atoms with Gasteiger partial charge in [0.15, 0.2) is 15.2 Å². The van der Waals surface area contributed by atoms with Gasteiger partial charge in [-0.05, 0) is 13.3 Å². The molecular weight excluding hydrogens is 260 g/mol. The van der Waals surface area contributed by atoms with Gasteiger partial charge in [-0.3, -0.25) is 0 Å². The smallest absolute Gasteiger partial charge is 0.351 e. The number of hydrogen-bond acceptors (Lipinski definition) is 5. The zero-order valence-electron chi connectivity index (χ0n) is 10.5. The average molecular weight is 277 g/mol. The Labute approximate surface area is 111 Å². The van der Waals surface area contributed by atoms with Crippen LogP contribution in [0, 0.1) is 0 Å². The Hall–Kier alpha value is -0.810. The van der Waals surface area contributed by atoms with E-state index in [9.17, 15) is 4.79 Å². The number of carbonyl (C=O) groups excluding carboxylic acids is 1. The van der Waals surface area contributed by atoms with Crippen LogP contribution in [0.2, 0.25) is 5.15 Å². The van der Waals surface area contributed by atoms with Crippen molar-refractivity contribution in [3.05, 3.63) is 10.0 Å². The second-order valence-electron chi connectivity index (χ2n) is 3.86. The number of thiazole rings is 1. The highest BCUT2D eigenvalue weighted by Crippen LogP contribution is 2.30. The third kappa shape index (κ3) is 3.33. The number of carbonyl (C=O) groups is 1. The van der Waals surface area contributed by atoms with Crippen molar-refractivity contribution in [3.63, 3.8) is 0 Å². The Morgan fingerprint density at radius 2 is 2.29 bits per heavy atom. The largest absolute Gasteiger partial charge is 0.465 e. The van der Waals surface area contributed by atoms with Crippen molar-refractivity contribution in [1.82, 2.24) is 4.98 Å². The normalized spacial score (nSPS) is 12.3. The highest BCUT2D eigenvalue weighted by Gasteiger charge is 2.20. The number of anilines is 1. The van der Waals surface area contributed by atoms with Crippen LogP contribution in [0.1, 0.15) is 36.4 Å². The molecule has 0 fully saturated rings. The van der Waals surface area contributed by atoms with Crippen molar-refractivity contribution in [1.29, 1.82) is 0 Å². The maximum Gasteiger partial charge on any atom is 0.351 e. The minimum absolute atomic E-state index is 0.215. The third-order valence-electron chi connectivity index (χ3n) is 2.61. The molecule has 0 amide bonds. The van der Waals surface area contributed by atoms with E-state index in [-0.39, 0.29) is 5.15 Å². The van der Waals surface area contributed by atoms with Gasteiger partial charge >= 0.3 is 5.97 Å². The molecule has 1 rings (SSSR count). The lowest BCUT2D eigenvalue weighted by atomic mass is 10.2. The first kappa shape index (κ1) is 14.3. The van der Waals surface area contributed by atoms with Crippen molar-refractivity contribution in [2.45, 2.75) is 32.7 Å². The monoisotopic (exact) mass is 276 g/mol. The quantitative estimate of drug-likeness (QED) is 0.775. The van der Waals surface area contributed by atoms with Gasteiger partial charge in [-0.25, -0.2) is 9.78 Å². The number of ether oxygens (including phenoxy) is 1. The summed E-state index contributed by atoms with van der Waals surface area (Å²) in [7, 11) is 3.29. The Balaban J connectivity index is 2.89. The Morgan fingerprint density at radius 3 is 2.82 bits per heavy atom. The van der Waals surface area contributed by atoms with Crippen LogP contribution in [0.15, 0.2) is 0 Å². The second kappa shape index (κ2) is 6.21. The summed E-state index contributed by atoms with van der Waals surface area (Å²) in [4.78, 5) is 18.0. The molecule has 0 aliphatic rings. The molecule has 1 heterocycles. The van der Waals surface area contributed by atoms with E-state index in [1.165, 1.54) is 18.4 Å². The SMILES string of the molecule is CCCC(C)N(C)c1nc(Cl)c(C(=O)OC)s1.